The summed E-state index contributed by atoms with van der Waals surface area (Å²) in [6, 6.07) is 14.2. The minimum absolute atomic E-state index is 0.107. The van der Waals surface area contributed by atoms with Gasteiger partial charge < -0.3 is 19.7 Å². The van der Waals surface area contributed by atoms with E-state index in [1.165, 1.54) is 16.4 Å². The second-order valence-corrected chi connectivity index (χ2v) is 10.4. The summed E-state index contributed by atoms with van der Waals surface area (Å²) in [4.78, 5) is 0. The number of aromatic nitrogens is 3. The molecule has 3 aromatic rings. The summed E-state index contributed by atoms with van der Waals surface area (Å²) in [5.41, 5.74) is 2.67. The Morgan fingerprint density at radius 2 is 1.79 bits per heavy atom. The molecule has 1 heterocycles. The zero-order valence-electron chi connectivity index (χ0n) is 19.6. The van der Waals surface area contributed by atoms with Gasteiger partial charge in [0.25, 0.3) is 0 Å². The molecule has 0 fully saturated rings. The maximum Gasteiger partial charge on any atom is 0.132 e. The predicted molar refractivity (Wildman–Crippen MR) is 141 cm³/mol. The molecule has 0 aliphatic rings. The number of rotatable bonds is 12. The SMILES string of the molecule is C[C@@H](CCl)COc1ccc(C(C)(C)c2ccc(OC[C@@H](O)Cn3nncc3CO)cc2)cc1I. The normalized spacial score (nSPS) is 13.5. The van der Waals surface area contributed by atoms with Crippen molar-refractivity contribution in [1.29, 1.82) is 0 Å². The summed E-state index contributed by atoms with van der Waals surface area (Å²) in [6.07, 6.45) is 0.691. The van der Waals surface area contributed by atoms with E-state index in [1.54, 1.807) is 0 Å². The van der Waals surface area contributed by atoms with Gasteiger partial charge in [0, 0.05) is 17.2 Å². The molecule has 2 atom stereocenters. The van der Waals surface area contributed by atoms with E-state index in [4.69, 9.17) is 21.1 Å². The summed E-state index contributed by atoms with van der Waals surface area (Å²) in [5, 5.41) is 27.1. The van der Waals surface area contributed by atoms with Crippen LogP contribution in [-0.2, 0) is 18.6 Å². The summed E-state index contributed by atoms with van der Waals surface area (Å²) in [5.74, 6) is 2.42. The molecule has 0 spiro atoms. The fourth-order valence-electron chi connectivity index (χ4n) is 3.42. The molecule has 184 valence electrons. The van der Waals surface area contributed by atoms with Crippen LogP contribution in [0.15, 0.2) is 48.7 Å². The highest BCUT2D eigenvalue weighted by Crippen LogP contribution is 2.35. The van der Waals surface area contributed by atoms with Crippen LogP contribution in [0.25, 0.3) is 0 Å². The Balaban J connectivity index is 1.61. The molecule has 2 N–H and O–H groups in total. The number of hydrogen-bond acceptors (Lipinski definition) is 6. The number of ether oxygens (including phenoxy) is 2. The third-order valence-electron chi connectivity index (χ3n) is 5.70. The predicted octanol–water partition coefficient (Wildman–Crippen LogP) is 4.39. The molecule has 0 unspecified atom stereocenters. The van der Waals surface area contributed by atoms with Gasteiger partial charge in [0.15, 0.2) is 0 Å². The molecule has 3 rings (SSSR count). The van der Waals surface area contributed by atoms with E-state index in [0.717, 1.165) is 14.9 Å². The largest absolute Gasteiger partial charge is 0.492 e. The lowest BCUT2D eigenvalue weighted by Gasteiger charge is -2.27. The lowest BCUT2D eigenvalue weighted by Crippen LogP contribution is -2.25. The number of benzene rings is 2. The molecule has 1 aromatic heterocycles. The molecule has 7 nitrogen and oxygen atoms in total. The highest BCUT2D eigenvalue weighted by molar-refractivity contribution is 14.1. The molecule has 0 saturated heterocycles. The zero-order valence-corrected chi connectivity index (χ0v) is 22.5. The highest BCUT2D eigenvalue weighted by atomic mass is 127. The summed E-state index contributed by atoms with van der Waals surface area (Å²) >= 11 is 8.19. The van der Waals surface area contributed by atoms with Crippen LogP contribution in [0.3, 0.4) is 0 Å². The van der Waals surface area contributed by atoms with E-state index >= 15 is 0 Å². The average Bonchev–Trinajstić information content (AvgIpc) is 3.28. The lowest BCUT2D eigenvalue weighted by molar-refractivity contribution is 0.0866. The van der Waals surface area contributed by atoms with Gasteiger partial charge in [0.1, 0.15) is 24.2 Å². The van der Waals surface area contributed by atoms with Crippen molar-refractivity contribution >= 4 is 34.2 Å². The first kappa shape index (κ1) is 26.7. The fourth-order valence-corrected chi connectivity index (χ4v) is 4.18. The van der Waals surface area contributed by atoms with Crippen molar-refractivity contribution in [2.75, 3.05) is 19.1 Å². The van der Waals surface area contributed by atoms with E-state index in [2.05, 4.69) is 65.8 Å². The van der Waals surface area contributed by atoms with Crippen molar-refractivity contribution in [1.82, 2.24) is 15.0 Å². The van der Waals surface area contributed by atoms with Gasteiger partial charge in [0.05, 0.1) is 35.2 Å². The first-order valence-corrected chi connectivity index (χ1v) is 12.7. The van der Waals surface area contributed by atoms with Crippen LogP contribution >= 0.6 is 34.2 Å². The van der Waals surface area contributed by atoms with Gasteiger partial charge in [-0.05, 0) is 58.0 Å². The number of nitrogens with zero attached hydrogens (tertiary/aromatic N) is 3. The van der Waals surface area contributed by atoms with Gasteiger partial charge in [-0.3, -0.25) is 0 Å². The van der Waals surface area contributed by atoms with E-state index in [1.807, 2.05) is 30.3 Å². The Bertz CT molecular complexity index is 1060. The highest BCUT2D eigenvalue weighted by Gasteiger charge is 2.24. The number of aliphatic hydroxyl groups is 2. The Kier molecular flexibility index (Phi) is 9.58. The van der Waals surface area contributed by atoms with Crippen LogP contribution < -0.4 is 9.47 Å². The molecule has 0 aliphatic carbocycles. The zero-order chi connectivity index (χ0) is 24.7. The first-order chi connectivity index (χ1) is 16.2. The Hall–Kier alpha value is -1.88. The number of halogens is 2. The maximum absolute atomic E-state index is 10.3. The van der Waals surface area contributed by atoms with E-state index < -0.39 is 6.10 Å². The summed E-state index contributed by atoms with van der Waals surface area (Å²) < 4.78 is 14.2. The smallest absolute Gasteiger partial charge is 0.132 e. The first-order valence-electron chi connectivity index (χ1n) is 11.1. The van der Waals surface area contributed by atoms with Gasteiger partial charge in [-0.15, -0.1) is 16.7 Å². The average molecular weight is 600 g/mol. The molecule has 0 radical (unpaired) electrons. The second kappa shape index (κ2) is 12.2. The van der Waals surface area contributed by atoms with Gasteiger partial charge in [-0.2, -0.15) is 0 Å². The van der Waals surface area contributed by atoms with Crippen molar-refractivity contribution in [2.24, 2.45) is 5.92 Å². The van der Waals surface area contributed by atoms with Crippen molar-refractivity contribution in [3.05, 3.63) is 69.1 Å². The van der Waals surface area contributed by atoms with Crippen molar-refractivity contribution in [2.45, 2.75) is 45.4 Å². The molecule has 2 aromatic carbocycles. The number of hydrogen-bond donors (Lipinski definition) is 2. The monoisotopic (exact) mass is 599 g/mol. The van der Waals surface area contributed by atoms with Crippen LogP contribution in [0.4, 0.5) is 0 Å². The standard InChI is InChI=1S/C25H31ClIN3O4/c1-17(11-26)15-34-24-9-6-19(10-23(24)27)25(2,3)18-4-7-22(8-5-18)33-16-21(32)13-30-20(14-31)12-28-29-30/h4-10,12,17,21,31-32H,11,13-16H2,1-3H3/t17-,21-/m0/s1. The van der Waals surface area contributed by atoms with Crippen LogP contribution in [0.2, 0.25) is 0 Å². The molecular formula is C25H31ClIN3O4. The van der Waals surface area contributed by atoms with Gasteiger partial charge in [-0.25, -0.2) is 4.68 Å². The molecule has 0 amide bonds. The third-order valence-corrected chi connectivity index (χ3v) is 7.07. The minimum Gasteiger partial charge on any atom is -0.492 e. The van der Waals surface area contributed by atoms with Gasteiger partial charge in [-0.1, -0.05) is 44.2 Å². The molecule has 34 heavy (non-hydrogen) atoms. The number of aliphatic hydroxyl groups excluding tert-OH is 2. The minimum atomic E-state index is -0.779. The fraction of sp³-hybridized carbons (Fsp3) is 0.440. The van der Waals surface area contributed by atoms with E-state index in [-0.39, 0.29) is 25.2 Å². The van der Waals surface area contributed by atoms with Crippen molar-refractivity contribution in [3.63, 3.8) is 0 Å². The van der Waals surface area contributed by atoms with Crippen LogP contribution in [-0.4, -0.2) is 50.4 Å². The van der Waals surface area contributed by atoms with Crippen molar-refractivity contribution in [3.8, 4) is 11.5 Å². The Morgan fingerprint density at radius 3 is 2.44 bits per heavy atom. The van der Waals surface area contributed by atoms with E-state index in [0.29, 0.717) is 29.8 Å². The lowest BCUT2D eigenvalue weighted by atomic mass is 9.78. The molecule has 0 saturated carbocycles. The van der Waals surface area contributed by atoms with Gasteiger partial charge in [0.2, 0.25) is 0 Å². The quantitative estimate of drug-likeness (QED) is 0.237. The topological polar surface area (TPSA) is 89.6 Å². The Morgan fingerprint density at radius 1 is 1.09 bits per heavy atom. The third kappa shape index (κ3) is 6.84. The molecule has 0 bridgehead atoms. The second-order valence-electron chi connectivity index (χ2n) is 8.90. The van der Waals surface area contributed by atoms with E-state index in [9.17, 15) is 10.2 Å². The van der Waals surface area contributed by atoms with Crippen LogP contribution in [0, 0.1) is 9.49 Å². The number of alkyl halides is 1. The van der Waals surface area contributed by atoms with Crippen molar-refractivity contribution < 1.29 is 19.7 Å². The molecule has 9 heteroatoms. The van der Waals surface area contributed by atoms with Gasteiger partial charge >= 0.3 is 0 Å². The van der Waals surface area contributed by atoms with Crippen LogP contribution in [0.1, 0.15) is 37.6 Å². The maximum atomic E-state index is 10.3. The Labute approximate surface area is 219 Å². The molecule has 0 aliphatic heterocycles. The van der Waals surface area contributed by atoms with Crippen LogP contribution in [0.5, 0.6) is 11.5 Å². The summed E-state index contributed by atoms with van der Waals surface area (Å²) in [7, 11) is 0. The molecular weight excluding hydrogens is 569 g/mol. The summed E-state index contributed by atoms with van der Waals surface area (Å²) in [6.45, 7) is 7.16.